The molecule has 2 aliphatic rings. The zero-order valence-corrected chi connectivity index (χ0v) is 14.0. The van der Waals surface area contributed by atoms with E-state index in [1.807, 2.05) is 30.3 Å². The minimum atomic E-state index is -3.22. The Morgan fingerprint density at radius 1 is 1.14 bits per heavy atom. The van der Waals surface area contributed by atoms with E-state index in [9.17, 15) is 8.42 Å². The van der Waals surface area contributed by atoms with E-state index >= 15 is 0 Å². The van der Waals surface area contributed by atoms with Crippen molar-refractivity contribution in [3.05, 3.63) is 35.9 Å². The molecule has 0 amide bonds. The van der Waals surface area contributed by atoms with Gasteiger partial charge in [-0.1, -0.05) is 51.1 Å². The normalized spacial score (nSPS) is 32.2. The molecule has 1 heterocycles. The van der Waals surface area contributed by atoms with E-state index in [4.69, 9.17) is 0 Å². The number of hydrogen-bond acceptors (Lipinski definition) is 2. The van der Waals surface area contributed by atoms with Gasteiger partial charge in [0.25, 0.3) is 0 Å². The van der Waals surface area contributed by atoms with Gasteiger partial charge >= 0.3 is 0 Å². The van der Waals surface area contributed by atoms with Crippen molar-refractivity contribution in [1.82, 2.24) is 4.31 Å². The lowest BCUT2D eigenvalue weighted by Gasteiger charge is -2.39. The van der Waals surface area contributed by atoms with Crippen LogP contribution in [-0.2, 0) is 15.8 Å². The third kappa shape index (κ3) is 3.02. The molecule has 3 nitrogen and oxygen atoms in total. The van der Waals surface area contributed by atoms with E-state index in [0.717, 1.165) is 24.8 Å². The first-order valence-electron chi connectivity index (χ1n) is 7.73. The van der Waals surface area contributed by atoms with Crippen molar-refractivity contribution < 1.29 is 8.42 Å². The van der Waals surface area contributed by atoms with Crippen LogP contribution in [0.4, 0.5) is 0 Å². The van der Waals surface area contributed by atoms with Crippen LogP contribution in [-0.4, -0.2) is 25.3 Å². The maximum atomic E-state index is 12.8. The van der Waals surface area contributed by atoms with Crippen molar-refractivity contribution in [2.24, 2.45) is 10.8 Å². The average molecular weight is 307 g/mol. The van der Waals surface area contributed by atoms with E-state index in [-0.39, 0.29) is 22.6 Å². The maximum absolute atomic E-state index is 12.8. The number of rotatable bonds is 3. The van der Waals surface area contributed by atoms with Crippen molar-refractivity contribution in [2.75, 3.05) is 6.54 Å². The topological polar surface area (TPSA) is 37.4 Å². The van der Waals surface area contributed by atoms with Crippen molar-refractivity contribution in [3.63, 3.8) is 0 Å². The van der Waals surface area contributed by atoms with Gasteiger partial charge in [0.2, 0.25) is 10.0 Å². The van der Waals surface area contributed by atoms with E-state index in [1.54, 1.807) is 4.31 Å². The summed E-state index contributed by atoms with van der Waals surface area (Å²) in [6.07, 6.45) is 3.12. The number of nitrogens with zero attached hydrogens (tertiary/aromatic N) is 1. The molecule has 2 fully saturated rings. The molecule has 0 aromatic heterocycles. The Morgan fingerprint density at radius 2 is 1.81 bits per heavy atom. The lowest BCUT2D eigenvalue weighted by molar-refractivity contribution is 0.133. The molecule has 4 heteroatoms. The largest absolute Gasteiger partial charge is 0.218 e. The van der Waals surface area contributed by atoms with Crippen LogP contribution in [0.25, 0.3) is 0 Å². The van der Waals surface area contributed by atoms with Gasteiger partial charge in [0, 0.05) is 12.6 Å². The average Bonchev–Trinajstić information content (AvgIpc) is 2.60. The van der Waals surface area contributed by atoms with E-state index in [1.165, 1.54) is 0 Å². The predicted octanol–water partition coefficient (Wildman–Crippen LogP) is 3.42. The second-order valence-corrected chi connectivity index (χ2v) is 9.92. The molecule has 1 aliphatic carbocycles. The first-order chi connectivity index (χ1) is 9.69. The second kappa shape index (κ2) is 4.82. The minimum absolute atomic E-state index is 0.126. The number of sulfonamides is 1. The molecule has 1 saturated carbocycles. The molecule has 1 aliphatic heterocycles. The highest BCUT2D eigenvalue weighted by atomic mass is 32.2. The lowest BCUT2D eigenvalue weighted by Crippen LogP contribution is -2.38. The van der Waals surface area contributed by atoms with Gasteiger partial charge in [0.15, 0.2) is 0 Å². The summed E-state index contributed by atoms with van der Waals surface area (Å²) in [5, 5.41) is 0. The molecule has 0 spiro atoms. The van der Waals surface area contributed by atoms with Gasteiger partial charge < -0.3 is 0 Å². The molecular weight excluding hydrogens is 282 g/mol. The highest BCUT2D eigenvalue weighted by molar-refractivity contribution is 7.88. The fourth-order valence-electron chi connectivity index (χ4n) is 4.60. The minimum Gasteiger partial charge on any atom is -0.212 e. The van der Waals surface area contributed by atoms with Crippen LogP contribution >= 0.6 is 0 Å². The van der Waals surface area contributed by atoms with Crippen molar-refractivity contribution in [3.8, 4) is 0 Å². The van der Waals surface area contributed by atoms with Crippen LogP contribution in [0.2, 0.25) is 0 Å². The quantitative estimate of drug-likeness (QED) is 0.858. The Morgan fingerprint density at radius 3 is 2.48 bits per heavy atom. The third-order valence-electron chi connectivity index (χ3n) is 4.92. The fourth-order valence-corrected chi connectivity index (χ4v) is 6.49. The maximum Gasteiger partial charge on any atom is 0.218 e. The molecule has 1 aromatic rings. The van der Waals surface area contributed by atoms with Crippen molar-refractivity contribution in [1.29, 1.82) is 0 Å². The highest BCUT2D eigenvalue weighted by Gasteiger charge is 2.52. The van der Waals surface area contributed by atoms with E-state index < -0.39 is 10.0 Å². The monoisotopic (exact) mass is 307 g/mol. The summed E-state index contributed by atoms with van der Waals surface area (Å²) >= 11 is 0. The molecule has 0 unspecified atom stereocenters. The standard InChI is InChI=1S/C17H25NO2S/c1-16(2)9-15-10-17(3,12-16)13-18(15)21(19,20)11-14-7-5-4-6-8-14/h4-8,15H,9-13H2,1-3H3/t15-,17-/m1/s1. The number of benzene rings is 1. The van der Waals surface area contributed by atoms with Crippen LogP contribution in [0.5, 0.6) is 0 Å². The summed E-state index contributed by atoms with van der Waals surface area (Å²) in [7, 11) is -3.22. The van der Waals surface area contributed by atoms with Crippen LogP contribution < -0.4 is 0 Å². The highest BCUT2D eigenvalue weighted by Crippen LogP contribution is 2.53. The van der Waals surface area contributed by atoms with Gasteiger partial charge in [-0.15, -0.1) is 0 Å². The molecule has 1 saturated heterocycles. The second-order valence-electron chi connectivity index (χ2n) is 8.00. The molecule has 116 valence electrons. The van der Waals surface area contributed by atoms with Crippen LogP contribution in [0.15, 0.2) is 30.3 Å². The molecule has 2 atom stereocenters. The molecule has 21 heavy (non-hydrogen) atoms. The van der Waals surface area contributed by atoms with E-state index in [0.29, 0.717) is 6.54 Å². The Kier molecular flexibility index (Phi) is 3.45. The van der Waals surface area contributed by atoms with Gasteiger partial charge in [0.1, 0.15) is 0 Å². The van der Waals surface area contributed by atoms with Crippen molar-refractivity contribution >= 4 is 10.0 Å². The zero-order valence-electron chi connectivity index (χ0n) is 13.2. The SMILES string of the molecule is CC1(C)C[C@@H]2C[C@@](C)(CN2S(=O)(=O)Cc2ccccc2)C1. The summed E-state index contributed by atoms with van der Waals surface area (Å²) in [6, 6.07) is 9.70. The predicted molar refractivity (Wildman–Crippen MR) is 85.3 cm³/mol. The van der Waals surface area contributed by atoms with Gasteiger partial charge in [-0.05, 0) is 35.7 Å². The molecular formula is C17H25NO2S. The van der Waals surface area contributed by atoms with Crippen molar-refractivity contribution in [2.45, 2.75) is 51.8 Å². The smallest absolute Gasteiger partial charge is 0.212 e. The number of fused-ring (bicyclic) bond motifs is 2. The zero-order chi connectivity index (χ0) is 15.3. The van der Waals surface area contributed by atoms with Gasteiger partial charge in [0.05, 0.1) is 5.75 Å². The van der Waals surface area contributed by atoms with Crippen LogP contribution in [0.1, 0.15) is 45.6 Å². The van der Waals surface area contributed by atoms with Gasteiger partial charge in [-0.3, -0.25) is 0 Å². The Bertz CT molecular complexity index is 623. The Balaban J connectivity index is 1.84. The molecule has 1 aromatic carbocycles. The lowest BCUT2D eigenvalue weighted by atomic mass is 9.65. The summed E-state index contributed by atoms with van der Waals surface area (Å²) in [4.78, 5) is 0. The first kappa shape index (κ1) is 15.0. The van der Waals surface area contributed by atoms with Crippen LogP contribution in [0.3, 0.4) is 0 Å². The fraction of sp³-hybridized carbons (Fsp3) is 0.647. The van der Waals surface area contributed by atoms with Crippen LogP contribution in [0, 0.1) is 10.8 Å². The first-order valence-corrected chi connectivity index (χ1v) is 9.34. The molecule has 0 N–H and O–H groups in total. The molecule has 2 bridgehead atoms. The summed E-state index contributed by atoms with van der Waals surface area (Å²) in [5.74, 6) is 0.126. The van der Waals surface area contributed by atoms with E-state index in [2.05, 4.69) is 20.8 Å². The summed E-state index contributed by atoms with van der Waals surface area (Å²) in [6.45, 7) is 7.48. The Labute approximate surface area is 128 Å². The number of hydrogen-bond donors (Lipinski definition) is 0. The third-order valence-corrected chi connectivity index (χ3v) is 6.76. The van der Waals surface area contributed by atoms with Gasteiger partial charge in [-0.2, -0.15) is 4.31 Å². The molecule has 0 radical (unpaired) electrons. The summed E-state index contributed by atoms with van der Waals surface area (Å²) in [5.41, 5.74) is 1.27. The Hall–Kier alpha value is -0.870. The van der Waals surface area contributed by atoms with Gasteiger partial charge in [-0.25, -0.2) is 8.42 Å². The molecule has 3 rings (SSSR count). The summed E-state index contributed by atoms with van der Waals surface area (Å²) < 4.78 is 27.4.